The molecule has 0 bridgehead atoms. The fraction of sp³-hybridized carbons (Fsp3) is 0.0690. The van der Waals surface area contributed by atoms with E-state index in [0.29, 0.717) is 42.3 Å². The summed E-state index contributed by atoms with van der Waals surface area (Å²) in [5.41, 5.74) is 2.18. The molecule has 0 aliphatic carbocycles. The summed E-state index contributed by atoms with van der Waals surface area (Å²) in [5, 5.41) is 4.08. The van der Waals surface area contributed by atoms with Crippen molar-refractivity contribution in [1.29, 1.82) is 0 Å². The molecule has 1 aliphatic rings. The van der Waals surface area contributed by atoms with Gasteiger partial charge in [-0.3, -0.25) is 14.2 Å². The second kappa shape index (κ2) is 11.2. The molecule has 11 heteroatoms. The molecule has 2 aromatic carbocycles. The summed E-state index contributed by atoms with van der Waals surface area (Å²) < 4.78 is 8.75. The van der Waals surface area contributed by atoms with Crippen LogP contribution in [0.1, 0.15) is 24.3 Å². The van der Waals surface area contributed by atoms with E-state index in [0.717, 1.165) is 10.0 Å². The number of aromatic nitrogens is 3. The van der Waals surface area contributed by atoms with Gasteiger partial charge in [-0.15, -0.1) is 0 Å². The number of nitrogens with zero attached hydrogens (tertiary/aromatic N) is 4. The molecular formula is C29H20BrN5O3S2. The second-order valence-electron chi connectivity index (χ2n) is 8.73. The zero-order valence-corrected chi connectivity index (χ0v) is 24.2. The third-order valence-corrected chi connectivity index (χ3v) is 8.80. The fourth-order valence-corrected chi connectivity index (χ4v) is 6.61. The van der Waals surface area contributed by atoms with Crippen LogP contribution >= 0.6 is 39.0 Å². The number of hydrogen-bond donors (Lipinski definition) is 1. The standard InChI is InChI=1S/C29H20BrN5O3S2/c1-17-23(25(36)34-19-11-6-3-7-12-19)24(18-9-4-2-5-10-18)35-26(37)22(39-29(35)33-17)16-20-15-21(30)27(38-20)40-28-31-13-8-14-32-28/h2-16,24H,1H3,(H,34,36)/b22-16+/t24-/m0/s1. The van der Waals surface area contributed by atoms with Crippen LogP contribution in [0.25, 0.3) is 6.08 Å². The lowest BCUT2D eigenvalue weighted by Crippen LogP contribution is -2.40. The van der Waals surface area contributed by atoms with Gasteiger partial charge < -0.3 is 9.73 Å². The van der Waals surface area contributed by atoms with E-state index < -0.39 is 6.04 Å². The highest BCUT2D eigenvalue weighted by atomic mass is 79.9. The van der Waals surface area contributed by atoms with Gasteiger partial charge in [0.1, 0.15) is 5.76 Å². The number of benzene rings is 2. The number of anilines is 1. The lowest BCUT2D eigenvalue weighted by molar-refractivity contribution is -0.113. The number of nitrogens with one attached hydrogen (secondary N) is 1. The molecule has 5 aromatic rings. The van der Waals surface area contributed by atoms with Crippen molar-refractivity contribution in [3.63, 3.8) is 0 Å². The maximum Gasteiger partial charge on any atom is 0.271 e. The SMILES string of the molecule is CC1=C(C(=O)Nc2ccccc2)[C@H](c2ccccc2)n2c(s/c(=C/c3cc(Br)c(Sc4ncccn4)o3)c2=O)=N1. The predicted octanol–water partition coefficient (Wildman–Crippen LogP) is 5.17. The van der Waals surface area contributed by atoms with Crippen molar-refractivity contribution in [2.45, 2.75) is 23.2 Å². The van der Waals surface area contributed by atoms with Crippen LogP contribution in [0.4, 0.5) is 5.69 Å². The zero-order valence-electron chi connectivity index (χ0n) is 20.9. The highest BCUT2D eigenvalue weighted by Gasteiger charge is 2.32. The van der Waals surface area contributed by atoms with Crippen molar-refractivity contribution in [1.82, 2.24) is 14.5 Å². The normalized spacial score (nSPS) is 15.1. The molecule has 1 amide bonds. The molecule has 1 N–H and O–H groups in total. The summed E-state index contributed by atoms with van der Waals surface area (Å²) in [7, 11) is 0. The van der Waals surface area contributed by atoms with Crippen LogP contribution in [-0.2, 0) is 4.79 Å². The second-order valence-corrected chi connectivity index (χ2v) is 11.5. The van der Waals surface area contributed by atoms with E-state index in [1.165, 1.54) is 23.1 Å². The van der Waals surface area contributed by atoms with E-state index in [4.69, 9.17) is 4.42 Å². The zero-order chi connectivity index (χ0) is 27.6. The van der Waals surface area contributed by atoms with Crippen LogP contribution in [0, 0.1) is 0 Å². The molecule has 40 heavy (non-hydrogen) atoms. The molecule has 6 rings (SSSR count). The van der Waals surface area contributed by atoms with Gasteiger partial charge >= 0.3 is 0 Å². The van der Waals surface area contributed by atoms with E-state index in [9.17, 15) is 9.59 Å². The van der Waals surface area contributed by atoms with Crippen molar-refractivity contribution < 1.29 is 9.21 Å². The number of allylic oxidation sites excluding steroid dienone is 1. The van der Waals surface area contributed by atoms with Gasteiger partial charge in [0.25, 0.3) is 11.5 Å². The quantitative estimate of drug-likeness (QED) is 0.260. The molecule has 0 spiro atoms. The first kappa shape index (κ1) is 26.2. The van der Waals surface area contributed by atoms with Gasteiger partial charge in [0.05, 0.1) is 26.3 Å². The molecule has 1 aliphatic heterocycles. The maximum absolute atomic E-state index is 13.9. The Bertz CT molecular complexity index is 1920. The van der Waals surface area contributed by atoms with Crippen LogP contribution in [0.3, 0.4) is 0 Å². The van der Waals surface area contributed by atoms with Crippen LogP contribution in [0.5, 0.6) is 0 Å². The minimum Gasteiger partial charge on any atom is -0.449 e. The molecule has 3 aromatic heterocycles. The smallest absolute Gasteiger partial charge is 0.271 e. The van der Waals surface area contributed by atoms with Crippen molar-refractivity contribution >= 4 is 56.7 Å². The molecule has 4 heterocycles. The average molecular weight is 631 g/mol. The van der Waals surface area contributed by atoms with E-state index in [1.54, 1.807) is 42.1 Å². The third kappa shape index (κ3) is 5.23. The van der Waals surface area contributed by atoms with Gasteiger partial charge in [-0.25, -0.2) is 15.0 Å². The molecule has 0 saturated carbocycles. The highest BCUT2D eigenvalue weighted by molar-refractivity contribution is 9.10. The monoisotopic (exact) mass is 629 g/mol. The first-order valence-corrected chi connectivity index (χ1v) is 14.6. The van der Waals surface area contributed by atoms with Gasteiger partial charge in [0, 0.05) is 24.2 Å². The maximum atomic E-state index is 13.9. The van der Waals surface area contributed by atoms with E-state index in [-0.39, 0.29) is 11.5 Å². The number of rotatable bonds is 6. The summed E-state index contributed by atoms with van der Waals surface area (Å²) in [6.07, 6.45) is 5.01. The number of amides is 1. The van der Waals surface area contributed by atoms with E-state index in [2.05, 4.69) is 36.2 Å². The Kier molecular flexibility index (Phi) is 7.33. The van der Waals surface area contributed by atoms with E-state index in [1.807, 2.05) is 60.7 Å². The van der Waals surface area contributed by atoms with Crippen LogP contribution in [-0.4, -0.2) is 20.4 Å². The summed E-state index contributed by atoms with van der Waals surface area (Å²) in [6.45, 7) is 1.80. The highest BCUT2D eigenvalue weighted by Crippen LogP contribution is 2.34. The summed E-state index contributed by atoms with van der Waals surface area (Å²) >= 11 is 6.05. The Balaban J connectivity index is 1.42. The van der Waals surface area contributed by atoms with Gasteiger partial charge in [-0.2, -0.15) is 0 Å². The van der Waals surface area contributed by atoms with Gasteiger partial charge in [-0.05, 0) is 64.4 Å². The number of furan rings is 1. The predicted molar refractivity (Wildman–Crippen MR) is 158 cm³/mol. The first-order valence-electron chi connectivity index (χ1n) is 12.2. The van der Waals surface area contributed by atoms with Gasteiger partial charge in [0.2, 0.25) is 0 Å². The van der Waals surface area contributed by atoms with Crippen molar-refractivity contribution in [3.05, 3.63) is 132 Å². The van der Waals surface area contributed by atoms with Gasteiger partial charge in [-0.1, -0.05) is 59.9 Å². The Morgan fingerprint density at radius 3 is 2.50 bits per heavy atom. The molecule has 1 atom stereocenters. The average Bonchev–Trinajstić information content (AvgIpc) is 3.46. The molecule has 0 radical (unpaired) electrons. The first-order chi connectivity index (χ1) is 19.5. The Morgan fingerprint density at radius 1 is 1.07 bits per heavy atom. The number of halogens is 1. The molecule has 0 saturated heterocycles. The summed E-state index contributed by atoms with van der Waals surface area (Å²) in [4.78, 5) is 41.1. The Hall–Kier alpha value is -4.06. The summed E-state index contributed by atoms with van der Waals surface area (Å²) in [6, 6.07) is 21.6. The molecule has 8 nitrogen and oxygen atoms in total. The Morgan fingerprint density at radius 2 is 1.77 bits per heavy atom. The van der Waals surface area contributed by atoms with Crippen LogP contribution in [0.15, 0.2) is 125 Å². The lowest BCUT2D eigenvalue weighted by atomic mass is 9.95. The topological polar surface area (TPSA) is 102 Å². The third-order valence-electron chi connectivity index (χ3n) is 6.09. The fourth-order valence-electron chi connectivity index (χ4n) is 4.34. The lowest BCUT2D eigenvalue weighted by Gasteiger charge is -2.25. The van der Waals surface area contributed by atoms with E-state index >= 15 is 0 Å². The number of hydrogen-bond acceptors (Lipinski definition) is 8. The van der Waals surface area contributed by atoms with Crippen molar-refractivity contribution in [2.75, 3.05) is 5.32 Å². The number of carbonyl (C=O) groups excluding carboxylic acids is 1. The van der Waals surface area contributed by atoms with Crippen LogP contribution in [0.2, 0.25) is 0 Å². The minimum atomic E-state index is -0.645. The van der Waals surface area contributed by atoms with Crippen LogP contribution < -0.4 is 20.2 Å². The molecule has 198 valence electrons. The largest absolute Gasteiger partial charge is 0.449 e. The van der Waals surface area contributed by atoms with Gasteiger partial charge in [0.15, 0.2) is 15.1 Å². The number of para-hydroxylation sites is 1. The number of carbonyl (C=O) groups is 1. The Labute approximate surface area is 245 Å². The van der Waals surface area contributed by atoms with Crippen molar-refractivity contribution in [2.24, 2.45) is 4.99 Å². The summed E-state index contributed by atoms with van der Waals surface area (Å²) in [5.74, 6) is 0.180. The number of thiazole rings is 1. The number of fused-ring (bicyclic) bond motifs is 1. The van der Waals surface area contributed by atoms with Crippen molar-refractivity contribution in [3.8, 4) is 0 Å². The molecule has 0 unspecified atom stereocenters. The molecule has 0 fully saturated rings. The minimum absolute atomic E-state index is 0.261. The molecular weight excluding hydrogens is 610 g/mol.